The average molecular weight is 563 g/mol. The number of esters is 2. The third kappa shape index (κ3) is 15.9. The predicted octanol–water partition coefficient (Wildman–Crippen LogP) is 3.54. The molecule has 0 aromatic heterocycles. The minimum Gasteiger partial charge on any atom is -0.463 e. The van der Waals surface area contributed by atoms with Crippen LogP contribution in [0.2, 0.25) is 0 Å². The van der Waals surface area contributed by atoms with E-state index in [0.717, 1.165) is 44.9 Å². The van der Waals surface area contributed by atoms with Crippen LogP contribution in [-0.2, 0) is 28.5 Å². The zero-order valence-corrected chi connectivity index (χ0v) is 24.1. The number of hydrogen-bond acceptors (Lipinski definition) is 10. The van der Waals surface area contributed by atoms with Crippen LogP contribution in [0.25, 0.3) is 0 Å². The second-order valence-corrected chi connectivity index (χ2v) is 10.6. The predicted molar refractivity (Wildman–Crippen MR) is 146 cm³/mol. The molecule has 1 fully saturated rings. The molecule has 1 aliphatic heterocycles. The molecule has 230 valence electrons. The molecule has 1 heterocycles. The van der Waals surface area contributed by atoms with Gasteiger partial charge in [-0.05, 0) is 12.8 Å². The zero-order valence-electron chi connectivity index (χ0n) is 24.1. The van der Waals surface area contributed by atoms with Crippen molar-refractivity contribution in [2.24, 2.45) is 0 Å². The van der Waals surface area contributed by atoms with Gasteiger partial charge in [0.05, 0.1) is 6.61 Å². The van der Waals surface area contributed by atoms with Crippen molar-refractivity contribution in [2.75, 3.05) is 19.8 Å². The summed E-state index contributed by atoms with van der Waals surface area (Å²) >= 11 is 0. The Morgan fingerprint density at radius 1 is 0.692 bits per heavy atom. The van der Waals surface area contributed by atoms with Crippen LogP contribution >= 0.6 is 0 Å². The molecule has 0 bridgehead atoms. The second kappa shape index (κ2) is 22.4. The number of ether oxygens (including phenoxy) is 4. The van der Waals surface area contributed by atoms with E-state index in [1.807, 2.05) is 0 Å². The summed E-state index contributed by atoms with van der Waals surface area (Å²) in [6, 6.07) is 0. The zero-order chi connectivity index (χ0) is 28.9. The third-order valence-electron chi connectivity index (χ3n) is 7.01. The molecule has 10 heteroatoms. The maximum atomic E-state index is 12.1. The highest BCUT2D eigenvalue weighted by Crippen LogP contribution is 2.24. The normalized spacial score (nSPS) is 23.9. The van der Waals surface area contributed by atoms with E-state index >= 15 is 0 Å². The van der Waals surface area contributed by atoms with Crippen LogP contribution in [0.4, 0.5) is 0 Å². The molecule has 1 saturated heterocycles. The number of aliphatic hydroxyl groups is 4. The van der Waals surface area contributed by atoms with Gasteiger partial charge in [-0.2, -0.15) is 0 Å². The van der Waals surface area contributed by atoms with Crippen LogP contribution in [-0.4, -0.2) is 89.0 Å². The first-order valence-electron chi connectivity index (χ1n) is 15.1. The lowest BCUT2D eigenvalue weighted by Gasteiger charge is -2.40. The second-order valence-electron chi connectivity index (χ2n) is 10.6. The third-order valence-corrected chi connectivity index (χ3v) is 7.01. The first-order valence-corrected chi connectivity index (χ1v) is 15.1. The number of aliphatic hydroxyl groups excluding tert-OH is 4. The van der Waals surface area contributed by atoms with Gasteiger partial charge in [0, 0.05) is 12.8 Å². The van der Waals surface area contributed by atoms with E-state index in [4.69, 9.17) is 18.9 Å². The van der Waals surface area contributed by atoms with E-state index < -0.39 is 55.4 Å². The molecule has 39 heavy (non-hydrogen) atoms. The fourth-order valence-electron chi connectivity index (χ4n) is 4.45. The Bertz CT molecular complexity index is 629. The van der Waals surface area contributed by atoms with Crippen molar-refractivity contribution in [3.8, 4) is 0 Å². The number of unbranched alkanes of at least 4 members (excludes halogenated alkanes) is 12. The van der Waals surface area contributed by atoms with Gasteiger partial charge in [0.25, 0.3) is 0 Å². The Kier molecular flexibility index (Phi) is 20.5. The molecule has 0 saturated carbocycles. The van der Waals surface area contributed by atoms with E-state index in [2.05, 4.69) is 13.8 Å². The summed E-state index contributed by atoms with van der Waals surface area (Å²) in [5.74, 6) is -0.838. The first kappa shape index (κ1) is 35.7. The number of rotatable bonds is 23. The van der Waals surface area contributed by atoms with Gasteiger partial charge in [0.2, 0.25) is 0 Å². The fraction of sp³-hybridized carbons (Fsp3) is 0.931. The van der Waals surface area contributed by atoms with Gasteiger partial charge in [-0.25, -0.2) is 0 Å². The quantitative estimate of drug-likeness (QED) is 0.107. The highest BCUT2D eigenvalue weighted by molar-refractivity contribution is 5.69. The van der Waals surface area contributed by atoms with Crippen LogP contribution in [0, 0.1) is 0 Å². The summed E-state index contributed by atoms with van der Waals surface area (Å²) in [6.07, 6.45) is 7.25. The van der Waals surface area contributed by atoms with E-state index in [1.54, 1.807) is 0 Å². The lowest BCUT2D eigenvalue weighted by molar-refractivity contribution is -0.315. The molecule has 0 radical (unpaired) electrons. The Morgan fingerprint density at radius 2 is 1.18 bits per heavy atom. The largest absolute Gasteiger partial charge is 0.463 e. The van der Waals surface area contributed by atoms with Crippen molar-refractivity contribution in [1.82, 2.24) is 0 Å². The smallest absolute Gasteiger partial charge is 0.305 e. The lowest BCUT2D eigenvalue weighted by Crippen LogP contribution is -2.60. The minimum absolute atomic E-state index is 0.249. The summed E-state index contributed by atoms with van der Waals surface area (Å²) in [6.45, 7) is 3.23. The summed E-state index contributed by atoms with van der Waals surface area (Å²) < 4.78 is 21.5. The van der Waals surface area contributed by atoms with Gasteiger partial charge in [0.15, 0.2) is 6.29 Å². The first-order chi connectivity index (χ1) is 18.8. The molecule has 0 aromatic rings. The molecule has 0 amide bonds. The fourth-order valence-corrected chi connectivity index (χ4v) is 4.45. The monoisotopic (exact) mass is 562 g/mol. The maximum absolute atomic E-state index is 12.1. The van der Waals surface area contributed by atoms with Crippen LogP contribution in [0.1, 0.15) is 117 Å². The van der Waals surface area contributed by atoms with Crippen molar-refractivity contribution in [3.05, 3.63) is 0 Å². The van der Waals surface area contributed by atoms with Gasteiger partial charge < -0.3 is 39.4 Å². The van der Waals surface area contributed by atoms with Crippen molar-refractivity contribution < 1.29 is 49.0 Å². The summed E-state index contributed by atoms with van der Waals surface area (Å²) in [5.41, 5.74) is 0. The van der Waals surface area contributed by atoms with Crippen LogP contribution in [0.15, 0.2) is 0 Å². The molecular weight excluding hydrogens is 508 g/mol. The summed E-state index contributed by atoms with van der Waals surface area (Å²) in [4.78, 5) is 24.1. The molecule has 0 aromatic carbocycles. The highest BCUT2D eigenvalue weighted by atomic mass is 16.7. The number of hydrogen-bond donors (Lipinski definition) is 4. The van der Waals surface area contributed by atoms with E-state index in [-0.39, 0.29) is 26.1 Å². The van der Waals surface area contributed by atoms with Crippen molar-refractivity contribution in [1.29, 1.82) is 0 Å². The molecule has 4 N–H and O–H groups in total. The number of carbonyl (C=O) groups is 2. The van der Waals surface area contributed by atoms with Gasteiger partial charge in [-0.1, -0.05) is 90.9 Å². The van der Waals surface area contributed by atoms with Crippen LogP contribution in [0.5, 0.6) is 0 Å². The van der Waals surface area contributed by atoms with Gasteiger partial charge in [-0.15, -0.1) is 0 Å². The molecule has 1 rings (SSSR count). The molecular formula is C29H54O10. The van der Waals surface area contributed by atoms with E-state index in [0.29, 0.717) is 6.42 Å². The van der Waals surface area contributed by atoms with Crippen molar-refractivity contribution in [3.63, 3.8) is 0 Å². The molecule has 10 nitrogen and oxygen atoms in total. The average Bonchev–Trinajstić information content (AvgIpc) is 2.93. The van der Waals surface area contributed by atoms with Crippen LogP contribution in [0.3, 0.4) is 0 Å². The Hall–Kier alpha value is -1.30. The Morgan fingerprint density at radius 3 is 1.69 bits per heavy atom. The Labute approximate surface area is 234 Å². The van der Waals surface area contributed by atoms with E-state index in [1.165, 1.54) is 38.5 Å². The Balaban J connectivity index is 2.37. The van der Waals surface area contributed by atoms with Gasteiger partial charge in [-0.3, -0.25) is 9.59 Å². The van der Waals surface area contributed by atoms with Crippen LogP contribution < -0.4 is 0 Å². The summed E-state index contributed by atoms with van der Waals surface area (Å²) in [5, 5.41) is 40.5. The molecule has 0 aliphatic carbocycles. The van der Waals surface area contributed by atoms with Gasteiger partial charge >= 0.3 is 11.9 Å². The highest BCUT2D eigenvalue weighted by Gasteiger charge is 2.45. The number of carbonyl (C=O) groups excluding carboxylic acids is 2. The van der Waals surface area contributed by atoms with Gasteiger partial charge in [0.1, 0.15) is 43.7 Å². The summed E-state index contributed by atoms with van der Waals surface area (Å²) in [7, 11) is 0. The molecule has 6 atom stereocenters. The van der Waals surface area contributed by atoms with Crippen molar-refractivity contribution >= 4 is 11.9 Å². The molecule has 0 spiro atoms. The SMILES string of the molecule is CCCCCCCCCC(=O)OC[C@H](CO)O[C@@H]1O[C@H](COC(=O)CCCCCCCCC)[C@@H](O)[C@H](O)[C@H]1O. The maximum Gasteiger partial charge on any atom is 0.305 e. The minimum atomic E-state index is -1.62. The molecule has 0 unspecified atom stereocenters. The standard InChI is InChI=1S/C29H54O10/c1-3-5-7-9-11-13-15-17-24(31)36-20-22(19-30)38-29-28(35)27(34)26(33)23(39-29)21-37-25(32)18-16-14-12-10-8-6-4-2/h22-23,26-30,33-35H,3-21H2,1-2H3/t22-,23+,26+,27-,28+,29+/m0/s1. The van der Waals surface area contributed by atoms with E-state index in [9.17, 15) is 30.0 Å². The molecule has 1 aliphatic rings. The topological polar surface area (TPSA) is 152 Å². The van der Waals surface area contributed by atoms with Crippen molar-refractivity contribution in [2.45, 2.75) is 153 Å². The lowest BCUT2D eigenvalue weighted by atomic mass is 9.99.